The number of rotatable bonds is 2. The third-order valence-electron chi connectivity index (χ3n) is 2.86. The Hall–Kier alpha value is -2.90. The van der Waals surface area contributed by atoms with Gasteiger partial charge in [0.15, 0.2) is 17.5 Å². The predicted octanol–water partition coefficient (Wildman–Crippen LogP) is 2.33. The molecule has 1 heterocycles. The van der Waals surface area contributed by atoms with Gasteiger partial charge in [-0.05, 0) is 22.6 Å². The van der Waals surface area contributed by atoms with Crippen LogP contribution in [0.3, 0.4) is 0 Å². The molecule has 0 saturated heterocycles. The summed E-state index contributed by atoms with van der Waals surface area (Å²) in [5, 5.41) is 10.7. The largest absolute Gasteiger partial charge is 0.398 e. The Labute approximate surface area is 116 Å². The second-order valence-electron chi connectivity index (χ2n) is 4.22. The molecule has 3 rings (SSSR count). The van der Waals surface area contributed by atoms with Crippen molar-refractivity contribution in [3.8, 4) is 17.1 Å². The fourth-order valence-electron chi connectivity index (χ4n) is 1.94. The lowest BCUT2D eigenvalue weighted by Gasteiger charge is -2.08. The fourth-order valence-corrected chi connectivity index (χ4v) is 1.94. The minimum atomic E-state index is -1.12. The Kier molecular flexibility index (Phi) is 3.05. The van der Waals surface area contributed by atoms with E-state index in [4.69, 9.17) is 5.73 Å². The first-order valence-electron chi connectivity index (χ1n) is 5.86. The van der Waals surface area contributed by atoms with Crippen molar-refractivity contribution in [2.75, 3.05) is 5.73 Å². The Balaban J connectivity index is 2.24. The maximum atomic E-state index is 13.8. The van der Waals surface area contributed by atoms with Crippen LogP contribution in [0, 0.1) is 17.5 Å². The summed E-state index contributed by atoms with van der Waals surface area (Å²) in [6.07, 6.45) is 0. The van der Waals surface area contributed by atoms with E-state index in [1.54, 1.807) is 24.3 Å². The maximum absolute atomic E-state index is 13.8. The van der Waals surface area contributed by atoms with Crippen molar-refractivity contribution in [2.45, 2.75) is 0 Å². The summed E-state index contributed by atoms with van der Waals surface area (Å²) in [6.45, 7) is 0. The van der Waals surface area contributed by atoms with Gasteiger partial charge in [-0.1, -0.05) is 12.1 Å². The average Bonchev–Trinajstić information content (AvgIpc) is 2.87. The summed E-state index contributed by atoms with van der Waals surface area (Å²) in [6, 6.07) is 7.70. The van der Waals surface area contributed by atoms with Crippen LogP contribution in [0.4, 0.5) is 18.9 Å². The standard InChI is InChI=1S/C13H8F3N5/c14-7-5-9(15)12(10(16)6-7)21-13(18-19-20-21)8-3-1-2-4-11(8)17/h1-6H,17H2. The highest BCUT2D eigenvalue weighted by molar-refractivity contribution is 5.72. The summed E-state index contributed by atoms with van der Waals surface area (Å²) >= 11 is 0. The summed E-state index contributed by atoms with van der Waals surface area (Å²) in [5.74, 6) is -3.20. The van der Waals surface area contributed by atoms with Crippen LogP contribution in [-0.4, -0.2) is 20.2 Å². The first kappa shape index (κ1) is 13.1. The smallest absolute Gasteiger partial charge is 0.189 e. The minimum Gasteiger partial charge on any atom is -0.398 e. The van der Waals surface area contributed by atoms with Crippen molar-refractivity contribution in [3.63, 3.8) is 0 Å². The molecule has 0 bridgehead atoms. The number of anilines is 1. The van der Waals surface area contributed by atoms with Gasteiger partial charge in [0.1, 0.15) is 11.5 Å². The van der Waals surface area contributed by atoms with Crippen LogP contribution in [0.5, 0.6) is 0 Å². The number of aromatic nitrogens is 4. The zero-order valence-corrected chi connectivity index (χ0v) is 10.5. The number of halogens is 3. The number of benzene rings is 2. The number of nitrogens with zero attached hydrogens (tertiary/aromatic N) is 4. The molecule has 0 atom stereocenters. The molecule has 0 unspecified atom stereocenters. The lowest BCUT2D eigenvalue weighted by atomic mass is 10.1. The van der Waals surface area contributed by atoms with Gasteiger partial charge >= 0.3 is 0 Å². The zero-order chi connectivity index (χ0) is 15.0. The van der Waals surface area contributed by atoms with Crippen LogP contribution < -0.4 is 5.73 Å². The lowest BCUT2D eigenvalue weighted by molar-refractivity contribution is 0.526. The van der Waals surface area contributed by atoms with Gasteiger partial charge in [-0.25, -0.2) is 13.2 Å². The Bertz CT molecular complexity index is 792. The Morgan fingerprint density at radius 2 is 1.67 bits per heavy atom. The monoisotopic (exact) mass is 291 g/mol. The van der Waals surface area contributed by atoms with Crippen molar-refractivity contribution in [1.29, 1.82) is 0 Å². The van der Waals surface area contributed by atoms with Crippen LogP contribution >= 0.6 is 0 Å². The van der Waals surface area contributed by atoms with Gasteiger partial charge in [0.05, 0.1) is 0 Å². The second kappa shape index (κ2) is 4.89. The summed E-state index contributed by atoms with van der Waals surface area (Å²) in [7, 11) is 0. The number of hydrogen-bond donors (Lipinski definition) is 1. The first-order valence-corrected chi connectivity index (χ1v) is 5.86. The van der Waals surface area contributed by atoms with E-state index < -0.39 is 23.1 Å². The van der Waals surface area contributed by atoms with Gasteiger partial charge in [0.2, 0.25) is 0 Å². The number of hydrogen-bond acceptors (Lipinski definition) is 4. The lowest BCUT2D eigenvalue weighted by Crippen LogP contribution is -2.07. The number of tetrazole rings is 1. The molecule has 0 spiro atoms. The molecule has 106 valence electrons. The predicted molar refractivity (Wildman–Crippen MR) is 68.9 cm³/mol. The summed E-state index contributed by atoms with van der Waals surface area (Å²) in [4.78, 5) is 0. The van der Waals surface area contributed by atoms with E-state index in [-0.39, 0.29) is 5.82 Å². The van der Waals surface area contributed by atoms with Crippen molar-refractivity contribution in [1.82, 2.24) is 20.2 Å². The molecule has 0 amide bonds. The fraction of sp³-hybridized carbons (Fsp3) is 0. The molecule has 0 aliphatic carbocycles. The second-order valence-corrected chi connectivity index (χ2v) is 4.22. The molecule has 3 aromatic rings. The van der Waals surface area contributed by atoms with E-state index in [1.807, 2.05) is 0 Å². The quantitative estimate of drug-likeness (QED) is 0.736. The van der Waals surface area contributed by atoms with E-state index in [0.29, 0.717) is 23.4 Å². The highest BCUT2D eigenvalue weighted by Crippen LogP contribution is 2.27. The van der Waals surface area contributed by atoms with Gasteiger partial charge in [-0.2, -0.15) is 4.68 Å². The van der Waals surface area contributed by atoms with E-state index in [2.05, 4.69) is 15.5 Å². The summed E-state index contributed by atoms with van der Waals surface area (Å²) < 4.78 is 41.5. The van der Waals surface area contributed by atoms with Gasteiger partial charge in [0, 0.05) is 23.4 Å². The number of nitrogen functional groups attached to an aromatic ring is 1. The average molecular weight is 291 g/mol. The van der Waals surface area contributed by atoms with Crippen LogP contribution in [0.15, 0.2) is 36.4 Å². The van der Waals surface area contributed by atoms with E-state index in [0.717, 1.165) is 4.68 Å². The minimum absolute atomic E-state index is 0.0532. The van der Waals surface area contributed by atoms with Crippen LogP contribution in [0.1, 0.15) is 0 Å². The van der Waals surface area contributed by atoms with Gasteiger partial charge in [-0.3, -0.25) is 0 Å². The van der Waals surface area contributed by atoms with Crippen LogP contribution in [-0.2, 0) is 0 Å². The van der Waals surface area contributed by atoms with Gasteiger partial charge < -0.3 is 5.73 Å². The van der Waals surface area contributed by atoms with Crippen molar-refractivity contribution in [3.05, 3.63) is 53.8 Å². The Morgan fingerprint density at radius 1 is 1.00 bits per heavy atom. The molecule has 5 nitrogen and oxygen atoms in total. The molecule has 0 fully saturated rings. The SMILES string of the molecule is Nc1ccccc1-c1nnnn1-c1c(F)cc(F)cc1F. The number of para-hydroxylation sites is 1. The first-order chi connectivity index (χ1) is 10.1. The molecule has 1 aromatic heterocycles. The third-order valence-corrected chi connectivity index (χ3v) is 2.86. The molecule has 2 N–H and O–H groups in total. The highest BCUT2D eigenvalue weighted by Gasteiger charge is 2.20. The molecule has 8 heteroatoms. The summed E-state index contributed by atoms with van der Waals surface area (Å²) in [5.41, 5.74) is 5.98. The molecular formula is C13H8F3N5. The third kappa shape index (κ3) is 2.20. The zero-order valence-electron chi connectivity index (χ0n) is 10.5. The molecule has 0 aliphatic heterocycles. The van der Waals surface area contributed by atoms with Gasteiger partial charge in [-0.15, -0.1) is 5.10 Å². The molecule has 2 aromatic carbocycles. The normalized spacial score (nSPS) is 10.8. The molecule has 0 saturated carbocycles. The molecule has 0 aliphatic rings. The van der Waals surface area contributed by atoms with Gasteiger partial charge in [0.25, 0.3) is 0 Å². The highest BCUT2D eigenvalue weighted by atomic mass is 19.1. The molecule has 0 radical (unpaired) electrons. The van der Waals surface area contributed by atoms with Crippen molar-refractivity contribution < 1.29 is 13.2 Å². The topological polar surface area (TPSA) is 69.6 Å². The molecular weight excluding hydrogens is 283 g/mol. The number of nitrogens with two attached hydrogens (primary N) is 1. The van der Waals surface area contributed by atoms with Crippen molar-refractivity contribution in [2.24, 2.45) is 0 Å². The van der Waals surface area contributed by atoms with Crippen LogP contribution in [0.2, 0.25) is 0 Å². The van der Waals surface area contributed by atoms with Crippen molar-refractivity contribution >= 4 is 5.69 Å². The van der Waals surface area contributed by atoms with Crippen LogP contribution in [0.25, 0.3) is 17.1 Å². The molecule has 21 heavy (non-hydrogen) atoms. The van der Waals surface area contributed by atoms with E-state index in [1.165, 1.54) is 0 Å². The Morgan fingerprint density at radius 3 is 2.33 bits per heavy atom. The van der Waals surface area contributed by atoms with E-state index in [9.17, 15) is 13.2 Å². The van der Waals surface area contributed by atoms with E-state index >= 15 is 0 Å². The maximum Gasteiger partial charge on any atom is 0.189 e.